The van der Waals surface area contributed by atoms with Gasteiger partial charge in [-0.25, -0.2) is 0 Å². The Morgan fingerprint density at radius 3 is 2.73 bits per heavy atom. The molecule has 0 fully saturated rings. The molecule has 4 rings (SSSR count). The molecule has 26 heavy (non-hydrogen) atoms. The van der Waals surface area contributed by atoms with Crippen molar-refractivity contribution < 1.29 is 4.79 Å². The van der Waals surface area contributed by atoms with E-state index in [1.165, 1.54) is 4.57 Å². The minimum absolute atomic E-state index is 0.0957. The van der Waals surface area contributed by atoms with E-state index in [9.17, 15) is 9.59 Å². The maximum Gasteiger partial charge on any atom is 0.258 e. The van der Waals surface area contributed by atoms with Crippen LogP contribution in [0.1, 0.15) is 15.9 Å². The molecular weight excluding hydrogens is 326 g/mol. The van der Waals surface area contributed by atoms with Crippen molar-refractivity contribution in [3.63, 3.8) is 0 Å². The molecule has 5 nitrogen and oxygen atoms in total. The van der Waals surface area contributed by atoms with Gasteiger partial charge in [0.25, 0.3) is 11.5 Å². The number of pyridine rings is 2. The second-order valence-electron chi connectivity index (χ2n) is 6.32. The molecule has 0 bridgehead atoms. The van der Waals surface area contributed by atoms with E-state index in [0.717, 1.165) is 16.3 Å². The fourth-order valence-electron chi connectivity index (χ4n) is 3.14. The van der Waals surface area contributed by atoms with Crippen molar-refractivity contribution in [1.82, 2.24) is 9.55 Å². The fraction of sp³-hybridized carbons (Fsp3) is 0.0952. The molecule has 4 aromatic rings. The average molecular weight is 343 g/mol. The van der Waals surface area contributed by atoms with Crippen molar-refractivity contribution in [3.8, 4) is 0 Å². The monoisotopic (exact) mass is 343 g/mol. The summed E-state index contributed by atoms with van der Waals surface area (Å²) in [4.78, 5) is 29.6. The maximum atomic E-state index is 12.9. The molecule has 5 heteroatoms. The minimum Gasteiger partial charge on any atom is -0.322 e. The average Bonchev–Trinajstić information content (AvgIpc) is 2.65. The van der Waals surface area contributed by atoms with Crippen LogP contribution < -0.4 is 10.9 Å². The van der Waals surface area contributed by atoms with Crippen LogP contribution in [0.5, 0.6) is 0 Å². The molecule has 2 aromatic carbocycles. The summed E-state index contributed by atoms with van der Waals surface area (Å²) in [7, 11) is 1.71. The van der Waals surface area contributed by atoms with E-state index < -0.39 is 0 Å². The quantitative estimate of drug-likeness (QED) is 0.604. The number of nitrogens with zero attached hydrogens (tertiary/aromatic N) is 2. The van der Waals surface area contributed by atoms with Crippen LogP contribution in [0.15, 0.2) is 65.7 Å². The first-order valence-electron chi connectivity index (χ1n) is 8.30. The van der Waals surface area contributed by atoms with Crippen molar-refractivity contribution in [3.05, 3.63) is 82.4 Å². The number of rotatable bonds is 2. The Morgan fingerprint density at radius 1 is 1.08 bits per heavy atom. The number of carbonyl (C=O) groups is 1. The number of benzene rings is 2. The summed E-state index contributed by atoms with van der Waals surface area (Å²) in [6.07, 6.45) is 3.41. The van der Waals surface area contributed by atoms with Crippen LogP contribution in [0.4, 0.5) is 5.69 Å². The summed E-state index contributed by atoms with van der Waals surface area (Å²) in [5.41, 5.74) is 2.55. The van der Waals surface area contributed by atoms with Crippen molar-refractivity contribution in [2.75, 3.05) is 5.32 Å². The summed E-state index contributed by atoms with van der Waals surface area (Å²) in [6.45, 7) is 1.89. The molecule has 128 valence electrons. The molecule has 0 atom stereocenters. The zero-order valence-corrected chi connectivity index (χ0v) is 14.5. The Labute approximate surface area is 149 Å². The molecular formula is C21H17N3O2. The molecule has 2 aromatic heterocycles. The van der Waals surface area contributed by atoms with Gasteiger partial charge in [0.15, 0.2) is 0 Å². The summed E-state index contributed by atoms with van der Waals surface area (Å²) in [5, 5.41) is 5.23. The number of aryl methyl sites for hydroxylation is 2. The highest BCUT2D eigenvalue weighted by molar-refractivity contribution is 6.13. The number of hydrogen-bond acceptors (Lipinski definition) is 3. The highest BCUT2D eigenvalue weighted by atomic mass is 16.1. The lowest BCUT2D eigenvalue weighted by atomic mass is 10.0. The predicted molar refractivity (Wildman–Crippen MR) is 104 cm³/mol. The first kappa shape index (κ1) is 16.0. The van der Waals surface area contributed by atoms with Gasteiger partial charge in [-0.3, -0.25) is 14.6 Å². The van der Waals surface area contributed by atoms with Crippen LogP contribution in [0.2, 0.25) is 0 Å². The SMILES string of the molecule is Cc1ccc2cccnc2c1C(=O)Nc1ccc2ccn(C)c(=O)c2c1. The van der Waals surface area contributed by atoms with E-state index in [1.807, 2.05) is 43.3 Å². The zero-order valence-electron chi connectivity index (χ0n) is 14.5. The standard InChI is InChI=1S/C21H17N3O2/c1-13-5-6-15-4-3-10-22-19(15)18(13)20(25)23-16-8-7-14-9-11-24(2)21(26)17(14)12-16/h3-12H,1-2H3,(H,23,25). The predicted octanol–water partition coefficient (Wildman–Crippen LogP) is 3.65. The second kappa shape index (κ2) is 6.11. The molecule has 0 spiro atoms. The molecule has 0 unspecified atom stereocenters. The van der Waals surface area contributed by atoms with Gasteiger partial charge < -0.3 is 9.88 Å². The largest absolute Gasteiger partial charge is 0.322 e. The first-order chi connectivity index (χ1) is 12.5. The number of hydrogen-bond donors (Lipinski definition) is 1. The zero-order chi connectivity index (χ0) is 18.3. The van der Waals surface area contributed by atoms with E-state index in [0.29, 0.717) is 22.2 Å². The van der Waals surface area contributed by atoms with Crippen LogP contribution in [-0.2, 0) is 7.05 Å². The lowest BCUT2D eigenvalue weighted by Gasteiger charge is -2.11. The van der Waals surface area contributed by atoms with E-state index in [-0.39, 0.29) is 11.5 Å². The number of carbonyl (C=O) groups excluding carboxylic acids is 1. The molecule has 1 amide bonds. The van der Waals surface area contributed by atoms with Crippen LogP contribution in [0, 0.1) is 6.92 Å². The van der Waals surface area contributed by atoms with Crippen molar-refractivity contribution in [2.24, 2.45) is 7.05 Å². The maximum absolute atomic E-state index is 12.9. The number of aromatic nitrogens is 2. The molecule has 1 N–H and O–H groups in total. The van der Waals surface area contributed by atoms with Gasteiger partial charge in [0.2, 0.25) is 0 Å². The molecule has 0 aliphatic rings. The molecule has 0 radical (unpaired) electrons. The van der Waals surface area contributed by atoms with E-state index in [2.05, 4.69) is 10.3 Å². The molecule has 0 aliphatic carbocycles. The smallest absolute Gasteiger partial charge is 0.258 e. The summed E-state index contributed by atoms with van der Waals surface area (Å²) >= 11 is 0. The van der Waals surface area contributed by atoms with Gasteiger partial charge in [0.05, 0.1) is 11.1 Å². The van der Waals surface area contributed by atoms with Crippen molar-refractivity contribution in [2.45, 2.75) is 6.92 Å². The summed E-state index contributed by atoms with van der Waals surface area (Å²) < 4.78 is 1.52. The number of fused-ring (bicyclic) bond motifs is 2. The van der Waals surface area contributed by atoms with Gasteiger partial charge >= 0.3 is 0 Å². The highest BCUT2D eigenvalue weighted by Crippen LogP contribution is 2.22. The number of anilines is 1. The molecule has 0 saturated carbocycles. The second-order valence-corrected chi connectivity index (χ2v) is 6.32. The number of nitrogens with one attached hydrogen (secondary N) is 1. The van der Waals surface area contributed by atoms with Gasteiger partial charge in [-0.15, -0.1) is 0 Å². The Bertz CT molecular complexity index is 1230. The Kier molecular flexibility index (Phi) is 3.77. The fourth-order valence-corrected chi connectivity index (χ4v) is 3.14. The van der Waals surface area contributed by atoms with Crippen molar-refractivity contribution >= 4 is 33.3 Å². The van der Waals surface area contributed by atoms with Gasteiger partial charge in [0.1, 0.15) is 0 Å². The first-order valence-corrected chi connectivity index (χ1v) is 8.30. The van der Waals surface area contributed by atoms with E-state index in [1.54, 1.807) is 31.6 Å². The number of amides is 1. The molecule has 2 heterocycles. The van der Waals surface area contributed by atoms with Gasteiger partial charge in [-0.2, -0.15) is 0 Å². The Hall–Kier alpha value is -3.47. The molecule has 0 aliphatic heterocycles. The normalized spacial score (nSPS) is 11.0. The summed E-state index contributed by atoms with van der Waals surface area (Å²) in [6, 6.07) is 14.9. The third kappa shape index (κ3) is 2.63. The van der Waals surface area contributed by atoms with Crippen LogP contribution in [0.25, 0.3) is 21.7 Å². The van der Waals surface area contributed by atoms with Crippen LogP contribution >= 0.6 is 0 Å². The van der Waals surface area contributed by atoms with E-state index >= 15 is 0 Å². The third-order valence-electron chi connectivity index (χ3n) is 4.55. The van der Waals surface area contributed by atoms with E-state index in [4.69, 9.17) is 0 Å². The van der Waals surface area contributed by atoms with Crippen molar-refractivity contribution in [1.29, 1.82) is 0 Å². The summed E-state index contributed by atoms with van der Waals surface area (Å²) in [5.74, 6) is -0.237. The highest BCUT2D eigenvalue weighted by Gasteiger charge is 2.15. The Balaban J connectivity index is 1.78. The topological polar surface area (TPSA) is 64.0 Å². The van der Waals surface area contributed by atoms with Gasteiger partial charge in [-0.05, 0) is 42.1 Å². The van der Waals surface area contributed by atoms with Crippen LogP contribution in [0.3, 0.4) is 0 Å². The lowest BCUT2D eigenvalue weighted by molar-refractivity contribution is 0.102. The van der Waals surface area contributed by atoms with Crippen LogP contribution in [-0.4, -0.2) is 15.5 Å². The van der Waals surface area contributed by atoms with Gasteiger partial charge in [-0.1, -0.05) is 24.3 Å². The Morgan fingerprint density at radius 2 is 1.88 bits per heavy atom. The lowest BCUT2D eigenvalue weighted by Crippen LogP contribution is -2.17. The third-order valence-corrected chi connectivity index (χ3v) is 4.55. The molecule has 0 saturated heterocycles. The minimum atomic E-state index is -0.237. The van der Waals surface area contributed by atoms with Gasteiger partial charge in [0, 0.05) is 35.9 Å².